The van der Waals surface area contributed by atoms with Crippen molar-refractivity contribution in [2.75, 3.05) is 6.61 Å². The lowest BCUT2D eigenvalue weighted by molar-refractivity contribution is 0.299. The molecule has 0 bridgehead atoms. The molecule has 0 fully saturated rings. The Hall–Kier alpha value is -1.19. The van der Waals surface area contributed by atoms with Crippen molar-refractivity contribution in [3.05, 3.63) is 40.5 Å². The van der Waals surface area contributed by atoms with Crippen LogP contribution in [0.5, 0.6) is 0 Å². The molecule has 1 aromatic heterocycles. The third kappa shape index (κ3) is 2.31. The highest BCUT2D eigenvalue weighted by Crippen LogP contribution is 2.30. The summed E-state index contributed by atoms with van der Waals surface area (Å²) < 4.78 is 0. The molecular weight excluding hydrogens is 218 g/mol. The Bertz CT molecular complexity index is 473. The number of hydrogen-bond donors (Lipinski definition) is 1. The summed E-state index contributed by atoms with van der Waals surface area (Å²) in [5.74, 6) is 0. The van der Waals surface area contributed by atoms with E-state index in [2.05, 4.69) is 36.2 Å². The molecule has 0 amide bonds. The number of aliphatic hydroxyl groups is 1. The van der Waals surface area contributed by atoms with Crippen molar-refractivity contribution >= 4 is 11.3 Å². The lowest BCUT2D eigenvalue weighted by atomic mass is 10.1. The summed E-state index contributed by atoms with van der Waals surface area (Å²) in [5, 5.41) is 9.90. The zero-order chi connectivity index (χ0) is 11.5. The zero-order valence-corrected chi connectivity index (χ0v) is 10.3. The van der Waals surface area contributed by atoms with Crippen molar-refractivity contribution < 1.29 is 5.11 Å². The number of aryl methyl sites for hydroxylation is 2. The minimum absolute atomic E-state index is 0.167. The molecule has 2 aromatic rings. The third-order valence-corrected chi connectivity index (χ3v) is 3.75. The highest BCUT2D eigenvalue weighted by atomic mass is 32.1. The van der Waals surface area contributed by atoms with Gasteiger partial charge in [0, 0.05) is 13.0 Å². The van der Waals surface area contributed by atoms with Crippen molar-refractivity contribution in [3.63, 3.8) is 0 Å². The minimum atomic E-state index is 0.167. The number of aromatic nitrogens is 1. The van der Waals surface area contributed by atoms with Crippen LogP contribution in [0.4, 0.5) is 0 Å². The molecule has 2 nitrogen and oxygen atoms in total. The van der Waals surface area contributed by atoms with Gasteiger partial charge in [-0.15, -0.1) is 11.3 Å². The van der Waals surface area contributed by atoms with Gasteiger partial charge in [0.25, 0.3) is 0 Å². The Morgan fingerprint density at radius 3 is 2.50 bits per heavy atom. The number of nitrogens with zero attached hydrogens (tertiary/aromatic N) is 1. The lowest BCUT2D eigenvalue weighted by Gasteiger charge is -1.98. The van der Waals surface area contributed by atoms with Gasteiger partial charge in [0.1, 0.15) is 0 Å². The number of hydrogen-bond acceptors (Lipinski definition) is 3. The summed E-state index contributed by atoms with van der Waals surface area (Å²) >= 11 is 1.67. The molecule has 0 aliphatic heterocycles. The van der Waals surface area contributed by atoms with E-state index >= 15 is 0 Å². The van der Waals surface area contributed by atoms with Gasteiger partial charge in [-0.2, -0.15) is 0 Å². The normalized spacial score (nSPS) is 10.7. The molecule has 0 saturated heterocycles. The Morgan fingerprint density at radius 2 is 1.88 bits per heavy atom. The van der Waals surface area contributed by atoms with Crippen LogP contribution in [-0.2, 0) is 6.42 Å². The van der Waals surface area contributed by atoms with E-state index in [4.69, 9.17) is 5.11 Å². The predicted octanol–water partition coefficient (Wildman–Crippen LogP) is 2.96. The third-order valence-electron chi connectivity index (χ3n) is 2.48. The molecule has 16 heavy (non-hydrogen) atoms. The van der Waals surface area contributed by atoms with Crippen LogP contribution in [0.3, 0.4) is 0 Å². The highest BCUT2D eigenvalue weighted by Gasteiger charge is 2.08. The monoisotopic (exact) mass is 233 g/mol. The first-order valence-electron chi connectivity index (χ1n) is 5.35. The van der Waals surface area contributed by atoms with Gasteiger partial charge >= 0.3 is 0 Å². The number of rotatable bonds is 3. The summed E-state index contributed by atoms with van der Waals surface area (Å²) in [6.07, 6.45) is 0.650. The van der Waals surface area contributed by atoms with E-state index < -0.39 is 0 Å². The fourth-order valence-corrected chi connectivity index (χ4v) is 2.69. The first kappa shape index (κ1) is 11.3. The molecule has 1 N–H and O–H groups in total. The maximum absolute atomic E-state index is 8.89. The van der Waals surface area contributed by atoms with Gasteiger partial charge in [0.05, 0.1) is 15.6 Å². The van der Waals surface area contributed by atoms with Crippen LogP contribution in [0.1, 0.15) is 16.3 Å². The van der Waals surface area contributed by atoms with Crippen LogP contribution >= 0.6 is 11.3 Å². The maximum Gasteiger partial charge on any atom is 0.0957 e. The van der Waals surface area contributed by atoms with Gasteiger partial charge in [0.2, 0.25) is 0 Å². The molecule has 0 saturated carbocycles. The van der Waals surface area contributed by atoms with E-state index in [-0.39, 0.29) is 6.61 Å². The van der Waals surface area contributed by atoms with E-state index in [1.165, 1.54) is 16.0 Å². The fourth-order valence-electron chi connectivity index (χ4n) is 1.63. The second-order valence-electron chi connectivity index (χ2n) is 3.86. The summed E-state index contributed by atoms with van der Waals surface area (Å²) in [6, 6.07) is 8.47. The van der Waals surface area contributed by atoms with E-state index in [1.54, 1.807) is 11.3 Å². The molecule has 3 heteroatoms. The molecule has 0 unspecified atom stereocenters. The summed E-state index contributed by atoms with van der Waals surface area (Å²) in [7, 11) is 0. The predicted molar refractivity (Wildman–Crippen MR) is 67.8 cm³/mol. The van der Waals surface area contributed by atoms with Crippen LogP contribution in [0, 0.1) is 13.8 Å². The van der Waals surface area contributed by atoms with Crippen LogP contribution in [0.15, 0.2) is 24.3 Å². The van der Waals surface area contributed by atoms with Gasteiger partial charge in [0.15, 0.2) is 0 Å². The maximum atomic E-state index is 8.89. The second kappa shape index (κ2) is 4.76. The van der Waals surface area contributed by atoms with Crippen molar-refractivity contribution in [3.8, 4) is 10.4 Å². The van der Waals surface area contributed by atoms with Crippen molar-refractivity contribution in [2.45, 2.75) is 20.3 Å². The van der Waals surface area contributed by atoms with Crippen molar-refractivity contribution in [1.82, 2.24) is 4.98 Å². The van der Waals surface area contributed by atoms with E-state index in [9.17, 15) is 0 Å². The average Bonchev–Trinajstić information content (AvgIpc) is 2.61. The average molecular weight is 233 g/mol. The quantitative estimate of drug-likeness (QED) is 0.884. The van der Waals surface area contributed by atoms with Gasteiger partial charge in [-0.05, 0) is 19.4 Å². The zero-order valence-electron chi connectivity index (χ0n) is 9.53. The van der Waals surface area contributed by atoms with E-state index in [0.717, 1.165) is 10.7 Å². The SMILES string of the molecule is Cc1ccc(-c2sc(CCO)nc2C)cc1. The molecule has 0 aliphatic carbocycles. The summed E-state index contributed by atoms with van der Waals surface area (Å²) in [4.78, 5) is 5.67. The Labute approximate surface area is 99.6 Å². The first-order chi connectivity index (χ1) is 7.70. The Kier molecular flexibility index (Phi) is 3.36. The Morgan fingerprint density at radius 1 is 1.19 bits per heavy atom. The summed E-state index contributed by atoms with van der Waals surface area (Å²) in [5.41, 5.74) is 3.53. The van der Waals surface area contributed by atoms with Gasteiger partial charge in [-0.1, -0.05) is 29.8 Å². The standard InChI is InChI=1S/C13H15NOS/c1-9-3-5-11(6-4-9)13-10(2)14-12(16-13)7-8-15/h3-6,15H,7-8H2,1-2H3. The summed E-state index contributed by atoms with van der Waals surface area (Å²) in [6.45, 7) is 4.27. The molecule has 2 rings (SSSR count). The van der Waals surface area contributed by atoms with Gasteiger partial charge < -0.3 is 5.11 Å². The molecule has 0 aliphatic rings. The minimum Gasteiger partial charge on any atom is -0.396 e. The molecule has 0 radical (unpaired) electrons. The molecule has 84 valence electrons. The van der Waals surface area contributed by atoms with Crippen LogP contribution in [-0.4, -0.2) is 16.7 Å². The van der Waals surface area contributed by atoms with Crippen molar-refractivity contribution in [2.24, 2.45) is 0 Å². The van der Waals surface area contributed by atoms with E-state index in [1.807, 2.05) is 6.92 Å². The first-order valence-corrected chi connectivity index (χ1v) is 6.16. The van der Waals surface area contributed by atoms with Gasteiger partial charge in [-0.3, -0.25) is 0 Å². The topological polar surface area (TPSA) is 33.1 Å². The molecule has 1 heterocycles. The molecule has 0 spiro atoms. The van der Waals surface area contributed by atoms with Crippen LogP contribution in [0.2, 0.25) is 0 Å². The van der Waals surface area contributed by atoms with Crippen molar-refractivity contribution in [1.29, 1.82) is 0 Å². The smallest absolute Gasteiger partial charge is 0.0957 e. The highest BCUT2D eigenvalue weighted by molar-refractivity contribution is 7.15. The van der Waals surface area contributed by atoms with Gasteiger partial charge in [-0.25, -0.2) is 4.98 Å². The molecular formula is C13H15NOS. The lowest BCUT2D eigenvalue weighted by Crippen LogP contribution is -1.88. The molecule has 0 atom stereocenters. The largest absolute Gasteiger partial charge is 0.396 e. The van der Waals surface area contributed by atoms with E-state index in [0.29, 0.717) is 6.42 Å². The number of benzene rings is 1. The number of thiazole rings is 1. The van der Waals surface area contributed by atoms with Crippen LogP contribution in [0.25, 0.3) is 10.4 Å². The molecule has 1 aromatic carbocycles. The van der Waals surface area contributed by atoms with Crippen LogP contribution < -0.4 is 0 Å². The fraction of sp³-hybridized carbons (Fsp3) is 0.308. The Balaban J connectivity index is 2.36. The number of aliphatic hydroxyl groups excluding tert-OH is 1. The second-order valence-corrected chi connectivity index (χ2v) is 4.95.